The molecule has 0 saturated carbocycles. The molecule has 0 heterocycles. The van der Waals surface area contributed by atoms with E-state index in [4.69, 9.17) is 9.47 Å². The van der Waals surface area contributed by atoms with Crippen LogP contribution in [0.25, 0.3) is 0 Å². The van der Waals surface area contributed by atoms with Gasteiger partial charge in [-0.1, -0.05) is 25.1 Å². The first-order chi connectivity index (χ1) is 16.8. The Balaban J connectivity index is 0.00000456. The van der Waals surface area contributed by atoms with Gasteiger partial charge in [0.25, 0.3) is 0 Å². The highest BCUT2D eigenvalue weighted by Gasteiger charge is 2.15. The van der Waals surface area contributed by atoms with Gasteiger partial charge < -0.3 is 9.47 Å². The van der Waals surface area contributed by atoms with Crippen molar-refractivity contribution in [2.75, 3.05) is 13.2 Å². The number of rotatable bonds is 13. The van der Waals surface area contributed by atoms with Crippen LogP contribution in [-0.4, -0.2) is 30.6 Å². The summed E-state index contributed by atoms with van der Waals surface area (Å²) in [6.45, 7) is 6.21. The van der Waals surface area contributed by atoms with Gasteiger partial charge in [-0.15, -0.1) is 0 Å². The molecule has 0 aliphatic carbocycles. The summed E-state index contributed by atoms with van der Waals surface area (Å²) in [6.07, 6.45) is 4.07. The molecule has 0 aliphatic rings. The van der Waals surface area contributed by atoms with Gasteiger partial charge in [0.05, 0.1) is 13.2 Å². The Morgan fingerprint density at radius 1 is 0.583 bits per heavy atom. The lowest BCUT2D eigenvalue weighted by atomic mass is 9.96. The number of Topliss-reactive ketones (excluding diaryl/α,β-unsaturated/α-hetero) is 2. The maximum atomic E-state index is 12.9. The Kier molecular flexibility index (Phi) is 11.1. The van der Waals surface area contributed by atoms with Crippen LogP contribution in [0, 0.1) is 6.92 Å². The number of carbonyl (C=O) groups excluding carboxylic acids is 3. The van der Waals surface area contributed by atoms with Crippen molar-refractivity contribution in [1.82, 2.24) is 0 Å². The second-order valence-electron chi connectivity index (χ2n) is 8.69. The Bertz CT molecular complexity index is 1130. The van der Waals surface area contributed by atoms with Crippen molar-refractivity contribution in [3.05, 3.63) is 94.5 Å². The van der Waals surface area contributed by atoms with Crippen LogP contribution in [0.5, 0.6) is 11.5 Å². The number of aryl methyl sites for hydroxylation is 1. The van der Waals surface area contributed by atoms with Gasteiger partial charge in [-0.2, -0.15) is 0 Å². The SMILES string of the molecule is C.CC(=O)c1cc(C(C)=O)cc(C(=O)c2ccc(OCCCCCCOc3ccc(C)cc3)cc2)c1. The molecule has 36 heavy (non-hydrogen) atoms. The second-order valence-corrected chi connectivity index (χ2v) is 8.69. The number of unbranched alkanes of at least 4 members (excludes halogenated alkanes) is 3. The van der Waals surface area contributed by atoms with E-state index < -0.39 is 0 Å². The third-order valence-corrected chi connectivity index (χ3v) is 5.72. The number of benzene rings is 3. The molecule has 5 nitrogen and oxygen atoms in total. The predicted molar refractivity (Wildman–Crippen MR) is 144 cm³/mol. The van der Waals surface area contributed by atoms with E-state index in [1.165, 1.54) is 37.6 Å². The summed E-state index contributed by atoms with van der Waals surface area (Å²) in [5.41, 5.74) is 2.72. The van der Waals surface area contributed by atoms with Gasteiger partial charge in [-0.25, -0.2) is 0 Å². The van der Waals surface area contributed by atoms with E-state index in [0.717, 1.165) is 31.4 Å². The number of ether oxygens (including phenoxy) is 2. The fraction of sp³-hybridized carbons (Fsp3) is 0.323. The Morgan fingerprint density at radius 3 is 1.44 bits per heavy atom. The molecule has 0 aromatic heterocycles. The first-order valence-electron chi connectivity index (χ1n) is 12.0. The average molecular weight is 489 g/mol. The van der Waals surface area contributed by atoms with E-state index in [9.17, 15) is 14.4 Å². The minimum Gasteiger partial charge on any atom is -0.494 e. The number of carbonyl (C=O) groups is 3. The van der Waals surface area contributed by atoms with Crippen LogP contribution >= 0.6 is 0 Å². The molecular weight excluding hydrogens is 452 g/mol. The summed E-state index contributed by atoms with van der Waals surface area (Å²) < 4.78 is 11.5. The van der Waals surface area contributed by atoms with E-state index in [1.54, 1.807) is 24.3 Å². The second kappa shape index (κ2) is 14.0. The number of hydrogen-bond acceptors (Lipinski definition) is 5. The zero-order chi connectivity index (χ0) is 25.2. The minimum atomic E-state index is -0.241. The maximum absolute atomic E-state index is 12.9. The molecule has 3 rings (SSSR count). The highest BCUT2D eigenvalue weighted by atomic mass is 16.5. The maximum Gasteiger partial charge on any atom is 0.193 e. The van der Waals surface area contributed by atoms with Gasteiger partial charge in [-0.3, -0.25) is 14.4 Å². The lowest BCUT2D eigenvalue weighted by Crippen LogP contribution is -2.07. The highest BCUT2D eigenvalue weighted by molar-refractivity contribution is 6.12. The summed E-state index contributed by atoms with van der Waals surface area (Å²) in [6, 6.07) is 19.6. The van der Waals surface area contributed by atoms with Crippen molar-refractivity contribution in [2.24, 2.45) is 0 Å². The van der Waals surface area contributed by atoms with Crippen LogP contribution in [-0.2, 0) is 0 Å². The van der Waals surface area contributed by atoms with Crippen LogP contribution in [0.15, 0.2) is 66.7 Å². The van der Waals surface area contributed by atoms with Gasteiger partial charge in [0.15, 0.2) is 17.3 Å². The van der Waals surface area contributed by atoms with Gasteiger partial charge in [0.2, 0.25) is 0 Å². The molecular formula is C31H36O5. The van der Waals surface area contributed by atoms with E-state index >= 15 is 0 Å². The zero-order valence-electron chi connectivity index (χ0n) is 20.6. The summed E-state index contributed by atoms with van der Waals surface area (Å²) in [5.74, 6) is 0.988. The Hall–Kier alpha value is -3.73. The third kappa shape index (κ3) is 8.49. The molecule has 0 atom stereocenters. The van der Waals surface area contributed by atoms with Gasteiger partial charge >= 0.3 is 0 Å². The molecule has 190 valence electrons. The zero-order valence-corrected chi connectivity index (χ0v) is 20.6. The third-order valence-electron chi connectivity index (χ3n) is 5.72. The van der Waals surface area contributed by atoms with Crippen molar-refractivity contribution in [3.8, 4) is 11.5 Å². The predicted octanol–water partition coefficient (Wildman–Crippen LogP) is 7.29. The van der Waals surface area contributed by atoms with E-state index in [0.29, 0.717) is 41.2 Å². The molecule has 0 fully saturated rings. The Labute approximate surface area is 214 Å². The molecule has 3 aromatic rings. The van der Waals surface area contributed by atoms with Gasteiger partial charge in [0, 0.05) is 22.3 Å². The molecule has 0 spiro atoms. The normalized spacial score (nSPS) is 10.3. The smallest absolute Gasteiger partial charge is 0.193 e. The van der Waals surface area contributed by atoms with Crippen molar-refractivity contribution < 1.29 is 23.9 Å². The fourth-order valence-electron chi connectivity index (χ4n) is 3.61. The van der Waals surface area contributed by atoms with Crippen molar-refractivity contribution in [3.63, 3.8) is 0 Å². The fourth-order valence-corrected chi connectivity index (χ4v) is 3.61. The van der Waals surface area contributed by atoms with Gasteiger partial charge in [0.1, 0.15) is 11.5 Å². The van der Waals surface area contributed by atoms with Crippen LogP contribution in [0.1, 0.15) is 89.2 Å². The highest BCUT2D eigenvalue weighted by Crippen LogP contribution is 2.19. The summed E-state index contributed by atoms with van der Waals surface area (Å²) >= 11 is 0. The first kappa shape index (κ1) is 28.5. The number of hydrogen-bond donors (Lipinski definition) is 0. The monoisotopic (exact) mass is 488 g/mol. The lowest BCUT2D eigenvalue weighted by Gasteiger charge is -2.09. The lowest BCUT2D eigenvalue weighted by molar-refractivity contribution is 0.101. The summed E-state index contributed by atoms with van der Waals surface area (Å²) in [5, 5.41) is 0. The molecule has 5 heteroatoms. The summed E-state index contributed by atoms with van der Waals surface area (Å²) in [7, 11) is 0. The molecule has 3 aromatic carbocycles. The Morgan fingerprint density at radius 2 is 1.00 bits per heavy atom. The quantitative estimate of drug-likeness (QED) is 0.187. The largest absolute Gasteiger partial charge is 0.494 e. The van der Waals surface area contributed by atoms with E-state index in [-0.39, 0.29) is 24.8 Å². The van der Waals surface area contributed by atoms with Gasteiger partial charge in [-0.05, 0) is 101 Å². The van der Waals surface area contributed by atoms with Crippen LogP contribution in [0.4, 0.5) is 0 Å². The summed E-state index contributed by atoms with van der Waals surface area (Å²) in [4.78, 5) is 36.5. The van der Waals surface area contributed by atoms with Crippen molar-refractivity contribution in [2.45, 2.75) is 53.9 Å². The molecule has 0 saturated heterocycles. The van der Waals surface area contributed by atoms with E-state index in [1.807, 2.05) is 24.3 Å². The molecule has 0 aliphatic heterocycles. The molecule has 0 amide bonds. The van der Waals surface area contributed by atoms with Crippen LogP contribution in [0.3, 0.4) is 0 Å². The topological polar surface area (TPSA) is 69.7 Å². The van der Waals surface area contributed by atoms with Crippen molar-refractivity contribution in [1.29, 1.82) is 0 Å². The van der Waals surface area contributed by atoms with Crippen LogP contribution < -0.4 is 9.47 Å². The van der Waals surface area contributed by atoms with Crippen LogP contribution in [0.2, 0.25) is 0 Å². The molecule has 0 bridgehead atoms. The number of ketones is 3. The average Bonchev–Trinajstić information content (AvgIpc) is 2.86. The molecule has 0 unspecified atom stereocenters. The van der Waals surface area contributed by atoms with E-state index in [2.05, 4.69) is 6.92 Å². The molecule has 0 radical (unpaired) electrons. The standard InChI is InChI=1S/C30H32O5.CH4/c1-21-8-12-28(13-9-21)34-16-6-4-5-7-17-35-29-14-10-24(11-15-29)30(33)27-19-25(22(2)31)18-26(20-27)23(3)32;/h8-15,18-20H,4-7,16-17H2,1-3H3;1H4. The van der Waals surface area contributed by atoms with Crippen molar-refractivity contribution >= 4 is 17.3 Å². The molecule has 0 N–H and O–H groups in total. The minimum absolute atomic E-state index is 0. The first-order valence-corrected chi connectivity index (χ1v) is 12.0.